The van der Waals surface area contributed by atoms with Gasteiger partial charge in [-0.15, -0.1) is 0 Å². The van der Waals surface area contributed by atoms with E-state index in [0.29, 0.717) is 17.1 Å². The van der Waals surface area contributed by atoms with Gasteiger partial charge < -0.3 is 20.9 Å². The topological polar surface area (TPSA) is 104 Å². The van der Waals surface area contributed by atoms with Gasteiger partial charge in [0.1, 0.15) is 5.82 Å². The van der Waals surface area contributed by atoms with E-state index in [0.717, 1.165) is 30.4 Å². The number of carbonyl (C=O) groups is 2. The molecular weight excluding hydrogens is 475 g/mol. The number of rotatable bonds is 11. The highest BCUT2D eigenvalue weighted by molar-refractivity contribution is 5.96. The molecule has 0 bridgehead atoms. The van der Waals surface area contributed by atoms with Crippen molar-refractivity contribution in [1.82, 2.24) is 30.3 Å². The van der Waals surface area contributed by atoms with E-state index in [1.807, 2.05) is 14.1 Å². The molecule has 2 amide bonds. The average molecular weight is 504 g/mol. The van der Waals surface area contributed by atoms with Gasteiger partial charge in [0.25, 0.3) is 11.8 Å². The van der Waals surface area contributed by atoms with Crippen molar-refractivity contribution in [2.75, 3.05) is 45.6 Å². The molecule has 0 radical (unpaired) electrons. The lowest BCUT2D eigenvalue weighted by Crippen LogP contribution is -2.35. The van der Waals surface area contributed by atoms with Crippen molar-refractivity contribution in [3.63, 3.8) is 0 Å². The molecule has 0 aliphatic carbocycles. The minimum absolute atomic E-state index is 0.0171. The maximum atomic E-state index is 13.4. The molecule has 36 heavy (non-hydrogen) atoms. The number of aromatic nitrogens is 3. The van der Waals surface area contributed by atoms with Crippen molar-refractivity contribution >= 4 is 17.6 Å². The first-order valence-electron chi connectivity index (χ1n) is 11.3. The number of alkyl halides is 3. The van der Waals surface area contributed by atoms with Gasteiger partial charge in [-0.2, -0.15) is 18.3 Å². The molecule has 0 aliphatic heterocycles. The van der Waals surface area contributed by atoms with Crippen LogP contribution in [-0.2, 0) is 6.18 Å². The van der Waals surface area contributed by atoms with Crippen LogP contribution in [0.1, 0.15) is 32.8 Å². The van der Waals surface area contributed by atoms with E-state index in [2.05, 4.69) is 30.9 Å². The highest BCUT2D eigenvalue weighted by Gasteiger charge is 2.39. The number of anilines is 1. The largest absolute Gasteiger partial charge is 0.435 e. The fourth-order valence-electron chi connectivity index (χ4n) is 3.26. The van der Waals surface area contributed by atoms with Gasteiger partial charge in [-0.25, -0.2) is 9.67 Å². The summed E-state index contributed by atoms with van der Waals surface area (Å²) in [4.78, 5) is 31.0. The molecule has 192 valence electrons. The normalized spacial score (nSPS) is 11.4. The number of pyridine rings is 1. The van der Waals surface area contributed by atoms with E-state index in [1.54, 1.807) is 42.5 Å². The standard InChI is InChI=1S/C24H28F3N7O2/c1-33(2)14-6-11-28-20-10-9-17(15-31-20)22(35)29-12-13-30-23(36)19-16-34(18-7-4-3-5-8-18)32-21(19)24(25,26)27/h3-5,7-10,15-16H,6,11-14H2,1-2H3,(H,28,31)(H,29,35)(H,30,36). The Morgan fingerprint density at radius 1 is 0.972 bits per heavy atom. The Morgan fingerprint density at radius 2 is 1.67 bits per heavy atom. The van der Waals surface area contributed by atoms with E-state index in [4.69, 9.17) is 0 Å². The number of halogens is 3. The van der Waals surface area contributed by atoms with E-state index in [1.165, 1.54) is 6.20 Å². The summed E-state index contributed by atoms with van der Waals surface area (Å²) >= 11 is 0. The van der Waals surface area contributed by atoms with Crippen LogP contribution in [0.4, 0.5) is 19.0 Å². The summed E-state index contributed by atoms with van der Waals surface area (Å²) in [6.45, 7) is 1.63. The summed E-state index contributed by atoms with van der Waals surface area (Å²) < 4.78 is 41.3. The quantitative estimate of drug-likeness (QED) is 0.348. The van der Waals surface area contributed by atoms with Gasteiger partial charge in [-0.1, -0.05) is 18.2 Å². The predicted molar refractivity (Wildman–Crippen MR) is 129 cm³/mol. The Morgan fingerprint density at radius 3 is 2.28 bits per heavy atom. The summed E-state index contributed by atoms with van der Waals surface area (Å²) in [7, 11) is 3.99. The molecule has 0 atom stereocenters. The molecule has 3 rings (SSSR count). The van der Waals surface area contributed by atoms with Gasteiger partial charge in [0.15, 0.2) is 5.69 Å². The van der Waals surface area contributed by atoms with Gasteiger partial charge >= 0.3 is 6.18 Å². The molecule has 12 heteroatoms. The number of para-hydroxylation sites is 1. The first-order chi connectivity index (χ1) is 17.1. The van der Waals surface area contributed by atoms with Gasteiger partial charge in [0, 0.05) is 32.0 Å². The number of amides is 2. The van der Waals surface area contributed by atoms with Crippen LogP contribution in [-0.4, -0.2) is 71.8 Å². The molecule has 0 saturated carbocycles. The van der Waals surface area contributed by atoms with Crippen molar-refractivity contribution in [3.05, 3.63) is 71.7 Å². The smallest absolute Gasteiger partial charge is 0.370 e. The summed E-state index contributed by atoms with van der Waals surface area (Å²) in [5.41, 5.74) is -1.17. The Hall–Kier alpha value is -3.93. The predicted octanol–water partition coefficient (Wildman–Crippen LogP) is 2.81. The number of benzene rings is 1. The van der Waals surface area contributed by atoms with Crippen LogP contribution in [0.25, 0.3) is 5.69 Å². The fourth-order valence-corrected chi connectivity index (χ4v) is 3.26. The van der Waals surface area contributed by atoms with Crippen molar-refractivity contribution in [1.29, 1.82) is 0 Å². The van der Waals surface area contributed by atoms with Crippen LogP contribution >= 0.6 is 0 Å². The summed E-state index contributed by atoms with van der Waals surface area (Å²) in [5, 5.41) is 11.7. The van der Waals surface area contributed by atoms with Gasteiger partial charge in [0.2, 0.25) is 0 Å². The van der Waals surface area contributed by atoms with Crippen LogP contribution in [0.15, 0.2) is 54.9 Å². The van der Waals surface area contributed by atoms with Gasteiger partial charge in [-0.3, -0.25) is 9.59 Å². The van der Waals surface area contributed by atoms with E-state index < -0.39 is 29.2 Å². The second kappa shape index (κ2) is 12.2. The summed E-state index contributed by atoms with van der Waals surface area (Å²) in [5.74, 6) is -0.706. The monoisotopic (exact) mass is 503 g/mol. The Balaban J connectivity index is 1.50. The number of hydrogen-bond donors (Lipinski definition) is 3. The van der Waals surface area contributed by atoms with Crippen LogP contribution in [0.3, 0.4) is 0 Å². The third-order valence-corrected chi connectivity index (χ3v) is 5.06. The maximum Gasteiger partial charge on any atom is 0.435 e. The van der Waals surface area contributed by atoms with Crippen molar-refractivity contribution in [3.8, 4) is 5.69 Å². The summed E-state index contributed by atoms with van der Waals surface area (Å²) in [6.07, 6.45) is -1.40. The molecule has 0 aliphatic rings. The summed E-state index contributed by atoms with van der Waals surface area (Å²) in [6, 6.07) is 11.5. The molecule has 0 saturated heterocycles. The average Bonchev–Trinajstić information content (AvgIpc) is 3.32. The zero-order valence-corrected chi connectivity index (χ0v) is 20.0. The van der Waals surface area contributed by atoms with Gasteiger partial charge in [0.05, 0.1) is 16.8 Å². The SMILES string of the molecule is CN(C)CCCNc1ccc(C(=O)NCCNC(=O)c2cn(-c3ccccc3)nc2C(F)(F)F)cn1. The van der Waals surface area contributed by atoms with Crippen LogP contribution < -0.4 is 16.0 Å². The molecule has 9 nitrogen and oxygen atoms in total. The van der Waals surface area contributed by atoms with E-state index >= 15 is 0 Å². The Kier molecular flexibility index (Phi) is 9.01. The lowest BCUT2D eigenvalue weighted by molar-refractivity contribution is -0.141. The van der Waals surface area contributed by atoms with Crippen molar-refractivity contribution in [2.24, 2.45) is 0 Å². The first-order valence-corrected chi connectivity index (χ1v) is 11.3. The third-order valence-electron chi connectivity index (χ3n) is 5.06. The zero-order chi connectivity index (χ0) is 26.1. The molecule has 1 aromatic carbocycles. The van der Waals surface area contributed by atoms with E-state index in [9.17, 15) is 22.8 Å². The van der Waals surface area contributed by atoms with E-state index in [-0.39, 0.29) is 13.1 Å². The third kappa shape index (κ3) is 7.54. The highest BCUT2D eigenvalue weighted by Crippen LogP contribution is 2.31. The number of hydrogen-bond acceptors (Lipinski definition) is 6. The van der Waals surface area contributed by atoms with Crippen LogP contribution in [0.5, 0.6) is 0 Å². The molecule has 0 fully saturated rings. The molecule has 0 unspecified atom stereocenters. The minimum Gasteiger partial charge on any atom is -0.370 e. The molecule has 2 heterocycles. The van der Waals surface area contributed by atoms with Crippen LogP contribution in [0.2, 0.25) is 0 Å². The number of nitrogens with one attached hydrogen (secondary N) is 3. The Bertz CT molecular complexity index is 1150. The zero-order valence-electron chi connectivity index (χ0n) is 20.0. The minimum atomic E-state index is -4.80. The van der Waals surface area contributed by atoms with Crippen molar-refractivity contribution < 1.29 is 22.8 Å². The number of nitrogens with zero attached hydrogens (tertiary/aromatic N) is 4. The lowest BCUT2D eigenvalue weighted by Gasteiger charge is -2.10. The molecule has 3 N–H and O–H groups in total. The molecule has 3 aromatic rings. The lowest BCUT2D eigenvalue weighted by atomic mass is 10.2. The highest BCUT2D eigenvalue weighted by atomic mass is 19.4. The Labute approximate surface area is 206 Å². The molecule has 0 spiro atoms. The van der Waals surface area contributed by atoms with Gasteiger partial charge in [-0.05, 0) is 51.3 Å². The maximum absolute atomic E-state index is 13.4. The molecule has 2 aromatic heterocycles. The fraction of sp³-hybridized carbons (Fsp3) is 0.333. The van der Waals surface area contributed by atoms with Crippen molar-refractivity contribution in [2.45, 2.75) is 12.6 Å². The first kappa shape index (κ1) is 26.7. The second-order valence-electron chi connectivity index (χ2n) is 8.20. The number of carbonyl (C=O) groups excluding carboxylic acids is 2. The molecular formula is C24H28F3N7O2. The van der Waals surface area contributed by atoms with Crippen LogP contribution in [0, 0.1) is 0 Å². The second-order valence-corrected chi connectivity index (χ2v) is 8.20.